The Labute approximate surface area is 152 Å². The van der Waals surface area contributed by atoms with Gasteiger partial charge in [0.2, 0.25) is 11.8 Å². The number of carbonyl (C=O) groups is 2. The summed E-state index contributed by atoms with van der Waals surface area (Å²) in [6.07, 6.45) is 1.71. The van der Waals surface area contributed by atoms with E-state index >= 15 is 0 Å². The van der Waals surface area contributed by atoms with Crippen LogP contribution in [-0.4, -0.2) is 18.0 Å². The van der Waals surface area contributed by atoms with E-state index in [9.17, 15) is 9.59 Å². The summed E-state index contributed by atoms with van der Waals surface area (Å²) in [6.45, 7) is 3.79. The Bertz CT molecular complexity index is 803. The van der Waals surface area contributed by atoms with Gasteiger partial charge in [-0.2, -0.15) is 5.10 Å². The molecule has 2 amide bonds. The maximum Gasteiger partial charge on any atom is 0.240 e. The summed E-state index contributed by atoms with van der Waals surface area (Å²) in [5, 5.41) is 7.25. The van der Waals surface area contributed by atoms with Crippen molar-refractivity contribution in [2.24, 2.45) is 5.10 Å². The quantitative estimate of drug-likeness (QED) is 0.609. The van der Waals surface area contributed by atoms with Gasteiger partial charge in [-0.15, -0.1) is 0 Å². The van der Waals surface area contributed by atoms with Gasteiger partial charge in [0.25, 0.3) is 0 Å². The number of halogens is 1. The van der Waals surface area contributed by atoms with Gasteiger partial charge < -0.3 is 5.32 Å². The topological polar surface area (TPSA) is 70.6 Å². The molecule has 0 unspecified atom stereocenters. The molecule has 2 aromatic rings. The number of rotatable bonds is 6. The summed E-state index contributed by atoms with van der Waals surface area (Å²) in [5.74, 6) is -0.564. The number of anilines is 1. The van der Waals surface area contributed by atoms with E-state index in [4.69, 9.17) is 11.6 Å². The summed E-state index contributed by atoms with van der Waals surface area (Å²) in [7, 11) is 0. The van der Waals surface area contributed by atoms with Crippen molar-refractivity contribution in [3.8, 4) is 0 Å². The van der Waals surface area contributed by atoms with Gasteiger partial charge in [0, 0.05) is 23.6 Å². The molecule has 6 heteroatoms. The average molecular weight is 358 g/mol. The molecule has 0 bridgehead atoms. The van der Waals surface area contributed by atoms with Gasteiger partial charge in [0.1, 0.15) is 0 Å². The number of hydrogen-bond donors (Lipinski definition) is 2. The summed E-state index contributed by atoms with van der Waals surface area (Å²) < 4.78 is 0. The van der Waals surface area contributed by atoms with Crippen molar-refractivity contribution in [1.29, 1.82) is 0 Å². The Kier molecular flexibility index (Phi) is 6.71. The van der Waals surface area contributed by atoms with Crippen LogP contribution in [-0.2, 0) is 9.59 Å². The first-order chi connectivity index (χ1) is 12.0. The van der Waals surface area contributed by atoms with Crippen LogP contribution in [0.3, 0.4) is 0 Å². The highest BCUT2D eigenvalue weighted by Crippen LogP contribution is 2.23. The van der Waals surface area contributed by atoms with Crippen molar-refractivity contribution in [2.45, 2.75) is 26.7 Å². The zero-order valence-corrected chi connectivity index (χ0v) is 14.9. The molecule has 0 aromatic heterocycles. The van der Waals surface area contributed by atoms with Crippen LogP contribution in [0.4, 0.5) is 5.69 Å². The van der Waals surface area contributed by atoms with E-state index < -0.39 is 0 Å². The molecule has 0 aliphatic heterocycles. The number of aryl methyl sites for hydroxylation is 1. The van der Waals surface area contributed by atoms with Crippen LogP contribution in [0, 0.1) is 13.8 Å². The number of amides is 2. The molecule has 0 saturated carbocycles. The van der Waals surface area contributed by atoms with Gasteiger partial charge >= 0.3 is 0 Å². The normalized spacial score (nSPS) is 10.7. The predicted octanol–water partition coefficient (Wildman–Crippen LogP) is 3.83. The monoisotopic (exact) mass is 357 g/mol. The van der Waals surface area contributed by atoms with Crippen LogP contribution in [0.1, 0.15) is 29.5 Å². The van der Waals surface area contributed by atoms with E-state index in [0.29, 0.717) is 10.7 Å². The lowest BCUT2D eigenvalue weighted by atomic mass is 10.1. The second kappa shape index (κ2) is 8.99. The van der Waals surface area contributed by atoms with Crippen molar-refractivity contribution in [2.75, 3.05) is 5.32 Å². The van der Waals surface area contributed by atoms with E-state index in [1.807, 2.05) is 38.1 Å². The van der Waals surface area contributed by atoms with Gasteiger partial charge in [0.05, 0.1) is 6.21 Å². The van der Waals surface area contributed by atoms with Crippen molar-refractivity contribution in [3.63, 3.8) is 0 Å². The van der Waals surface area contributed by atoms with E-state index in [2.05, 4.69) is 15.8 Å². The van der Waals surface area contributed by atoms with E-state index in [1.165, 1.54) is 0 Å². The van der Waals surface area contributed by atoms with Gasteiger partial charge in [-0.1, -0.05) is 41.9 Å². The molecule has 0 spiro atoms. The molecule has 2 N–H and O–H groups in total. The van der Waals surface area contributed by atoms with Crippen LogP contribution >= 0.6 is 11.6 Å². The van der Waals surface area contributed by atoms with Gasteiger partial charge in [-0.25, -0.2) is 5.43 Å². The molecule has 0 saturated heterocycles. The first-order valence-electron chi connectivity index (χ1n) is 7.90. The molecule has 0 radical (unpaired) electrons. The maximum absolute atomic E-state index is 11.9. The van der Waals surface area contributed by atoms with Gasteiger partial charge in [0.15, 0.2) is 0 Å². The Morgan fingerprint density at radius 1 is 1.04 bits per heavy atom. The third kappa shape index (κ3) is 5.72. The van der Waals surface area contributed by atoms with Crippen LogP contribution in [0.2, 0.25) is 5.02 Å². The van der Waals surface area contributed by atoms with Crippen LogP contribution < -0.4 is 10.7 Å². The summed E-state index contributed by atoms with van der Waals surface area (Å²) in [4.78, 5) is 23.7. The first-order valence-corrected chi connectivity index (χ1v) is 8.27. The maximum atomic E-state index is 11.9. The van der Waals surface area contributed by atoms with Crippen molar-refractivity contribution < 1.29 is 9.59 Å². The third-order valence-electron chi connectivity index (χ3n) is 3.70. The third-order valence-corrected chi connectivity index (χ3v) is 4.11. The molecule has 2 rings (SSSR count). The zero-order chi connectivity index (χ0) is 18.2. The number of nitrogens with one attached hydrogen (secondary N) is 2. The molecule has 25 heavy (non-hydrogen) atoms. The van der Waals surface area contributed by atoms with Crippen molar-refractivity contribution >= 4 is 35.3 Å². The van der Waals surface area contributed by atoms with Gasteiger partial charge in [-0.3, -0.25) is 9.59 Å². The van der Waals surface area contributed by atoms with Crippen LogP contribution in [0.25, 0.3) is 0 Å². The van der Waals surface area contributed by atoms with E-state index in [1.54, 1.807) is 24.4 Å². The predicted molar refractivity (Wildman–Crippen MR) is 101 cm³/mol. The Balaban J connectivity index is 1.79. The highest BCUT2D eigenvalue weighted by molar-refractivity contribution is 6.31. The second-order valence-corrected chi connectivity index (χ2v) is 6.02. The lowest BCUT2D eigenvalue weighted by molar-refractivity contribution is -0.124. The standard InChI is InChI=1S/C19H20ClN3O2/c1-13-6-3-4-7-15(13)12-21-23-19(25)11-10-18(24)22-17-9-5-8-16(20)14(17)2/h3-9,12H,10-11H2,1-2H3,(H,22,24)(H,23,25)/b21-12-. The molecule has 130 valence electrons. The van der Waals surface area contributed by atoms with E-state index in [-0.39, 0.29) is 24.7 Å². The largest absolute Gasteiger partial charge is 0.326 e. The lowest BCUT2D eigenvalue weighted by Crippen LogP contribution is -2.21. The highest BCUT2D eigenvalue weighted by Gasteiger charge is 2.09. The molecule has 2 aromatic carbocycles. The second-order valence-electron chi connectivity index (χ2n) is 5.61. The van der Waals surface area contributed by atoms with Gasteiger partial charge in [-0.05, 0) is 42.7 Å². The number of nitrogens with zero attached hydrogens (tertiary/aromatic N) is 1. The molecule has 0 aliphatic rings. The molecular weight excluding hydrogens is 338 g/mol. The highest BCUT2D eigenvalue weighted by atomic mass is 35.5. The smallest absolute Gasteiger partial charge is 0.240 e. The molecule has 0 atom stereocenters. The van der Waals surface area contributed by atoms with Crippen LogP contribution in [0.15, 0.2) is 47.6 Å². The average Bonchev–Trinajstić information content (AvgIpc) is 2.59. The minimum Gasteiger partial charge on any atom is -0.326 e. The van der Waals surface area contributed by atoms with E-state index in [0.717, 1.165) is 16.7 Å². The summed E-state index contributed by atoms with van der Waals surface area (Å²) >= 11 is 6.01. The fourth-order valence-corrected chi connectivity index (χ4v) is 2.32. The fraction of sp³-hybridized carbons (Fsp3) is 0.211. The Morgan fingerprint density at radius 3 is 2.52 bits per heavy atom. The van der Waals surface area contributed by atoms with Crippen molar-refractivity contribution in [1.82, 2.24) is 5.43 Å². The number of benzene rings is 2. The fourth-order valence-electron chi connectivity index (χ4n) is 2.14. The molecule has 5 nitrogen and oxygen atoms in total. The van der Waals surface area contributed by atoms with Crippen molar-refractivity contribution in [3.05, 3.63) is 64.2 Å². The molecular formula is C19H20ClN3O2. The minimum atomic E-state index is -0.317. The minimum absolute atomic E-state index is 0.0521. The summed E-state index contributed by atoms with van der Waals surface area (Å²) in [6, 6.07) is 13.0. The molecule has 0 fully saturated rings. The molecule has 0 aliphatic carbocycles. The van der Waals surface area contributed by atoms with Crippen LogP contribution in [0.5, 0.6) is 0 Å². The lowest BCUT2D eigenvalue weighted by Gasteiger charge is -2.09. The first kappa shape index (κ1) is 18.7. The zero-order valence-electron chi connectivity index (χ0n) is 14.2. The Morgan fingerprint density at radius 2 is 1.76 bits per heavy atom. The summed E-state index contributed by atoms with van der Waals surface area (Å²) in [5.41, 5.74) is 5.87. The number of hydrazone groups is 1. The number of hydrogen-bond acceptors (Lipinski definition) is 3. The Hall–Kier alpha value is -2.66. The number of carbonyl (C=O) groups excluding carboxylic acids is 2. The SMILES string of the molecule is Cc1ccccc1/C=N\NC(=O)CCC(=O)Nc1cccc(Cl)c1C. The molecule has 0 heterocycles.